The summed E-state index contributed by atoms with van der Waals surface area (Å²) in [6, 6.07) is 2.95. The highest BCUT2D eigenvalue weighted by Gasteiger charge is 1.99. The summed E-state index contributed by atoms with van der Waals surface area (Å²) in [4.78, 5) is 7.23. The Bertz CT molecular complexity index is 403. The molecule has 0 amide bonds. The highest BCUT2D eigenvalue weighted by Crippen LogP contribution is 2.07. The van der Waals surface area contributed by atoms with Crippen LogP contribution in [0.15, 0.2) is 29.2 Å². The fourth-order valence-electron chi connectivity index (χ4n) is 0.964. The van der Waals surface area contributed by atoms with Gasteiger partial charge in [-0.05, 0) is 6.07 Å². The number of nitrogens with one attached hydrogen (secondary N) is 1. The molecule has 6 heteroatoms. The fraction of sp³-hybridized carbons (Fsp3) is 0.125. The van der Waals surface area contributed by atoms with E-state index in [-0.39, 0.29) is 0 Å². The molecule has 14 heavy (non-hydrogen) atoms. The first-order chi connectivity index (χ1) is 6.84. The minimum Gasteiger partial charge on any atom is -0.377 e. The van der Waals surface area contributed by atoms with E-state index in [1.165, 1.54) is 18.7 Å². The Morgan fingerprint density at radius 2 is 2.36 bits per heavy atom. The van der Waals surface area contributed by atoms with Gasteiger partial charge in [-0.2, -0.15) is 9.37 Å². The molecule has 0 aliphatic carbocycles. The van der Waals surface area contributed by atoms with Gasteiger partial charge < -0.3 is 9.84 Å². The van der Waals surface area contributed by atoms with Crippen molar-refractivity contribution >= 4 is 5.69 Å². The lowest BCUT2D eigenvalue weighted by Crippen LogP contribution is -2.01. The summed E-state index contributed by atoms with van der Waals surface area (Å²) in [6.45, 7) is 0.389. The number of pyridine rings is 1. The first-order valence-corrected chi connectivity index (χ1v) is 3.95. The lowest BCUT2D eigenvalue weighted by Gasteiger charge is -2.01. The van der Waals surface area contributed by atoms with Crippen LogP contribution in [0.4, 0.5) is 10.1 Å². The maximum Gasteiger partial charge on any atom is 0.214 e. The Kier molecular flexibility index (Phi) is 2.35. The summed E-state index contributed by atoms with van der Waals surface area (Å²) in [6.07, 6.45) is 2.62. The van der Waals surface area contributed by atoms with E-state index in [2.05, 4.69) is 25.0 Å². The van der Waals surface area contributed by atoms with E-state index in [0.29, 0.717) is 18.1 Å². The summed E-state index contributed by atoms with van der Waals surface area (Å²) >= 11 is 0. The van der Waals surface area contributed by atoms with Crippen molar-refractivity contribution < 1.29 is 8.91 Å². The minimum atomic E-state index is -0.525. The van der Waals surface area contributed by atoms with E-state index >= 15 is 0 Å². The largest absolute Gasteiger partial charge is 0.377 e. The number of anilines is 1. The van der Waals surface area contributed by atoms with Gasteiger partial charge >= 0.3 is 0 Å². The van der Waals surface area contributed by atoms with Crippen molar-refractivity contribution in [3.05, 3.63) is 36.5 Å². The Balaban J connectivity index is 1.98. The van der Waals surface area contributed by atoms with Crippen LogP contribution in [0.2, 0.25) is 0 Å². The zero-order chi connectivity index (χ0) is 9.80. The van der Waals surface area contributed by atoms with Crippen LogP contribution in [0.1, 0.15) is 5.82 Å². The molecular weight excluding hydrogens is 187 g/mol. The van der Waals surface area contributed by atoms with Gasteiger partial charge in [0.25, 0.3) is 0 Å². The summed E-state index contributed by atoms with van der Waals surface area (Å²) in [5, 5.41) is 6.52. The van der Waals surface area contributed by atoms with Crippen molar-refractivity contribution in [1.29, 1.82) is 0 Å². The van der Waals surface area contributed by atoms with E-state index in [1.807, 2.05) is 0 Å². The highest BCUT2D eigenvalue weighted by atomic mass is 19.1. The van der Waals surface area contributed by atoms with Crippen LogP contribution in [0.5, 0.6) is 0 Å². The third-order valence-electron chi connectivity index (χ3n) is 1.58. The van der Waals surface area contributed by atoms with Crippen LogP contribution < -0.4 is 5.32 Å². The number of hydrogen-bond acceptors (Lipinski definition) is 5. The predicted molar refractivity (Wildman–Crippen MR) is 45.8 cm³/mol. The summed E-state index contributed by atoms with van der Waals surface area (Å²) < 4.78 is 17.2. The van der Waals surface area contributed by atoms with Crippen molar-refractivity contribution in [1.82, 2.24) is 15.1 Å². The standard InChI is InChI=1S/C8H7FN4O/c9-7-3-6(1-2-10-7)11-4-8-12-5-14-13-8/h1-3,5H,4H2,(H,10,11). The van der Waals surface area contributed by atoms with Crippen LogP contribution in [0, 0.1) is 5.95 Å². The van der Waals surface area contributed by atoms with Crippen molar-refractivity contribution in [3.8, 4) is 0 Å². The van der Waals surface area contributed by atoms with Gasteiger partial charge in [-0.15, -0.1) is 0 Å². The Morgan fingerprint density at radius 3 is 3.07 bits per heavy atom. The number of aromatic nitrogens is 3. The van der Waals surface area contributed by atoms with E-state index < -0.39 is 5.95 Å². The number of halogens is 1. The quantitative estimate of drug-likeness (QED) is 0.744. The van der Waals surface area contributed by atoms with E-state index in [0.717, 1.165) is 0 Å². The molecular formula is C8H7FN4O. The van der Waals surface area contributed by atoms with Gasteiger partial charge in [-0.3, -0.25) is 0 Å². The van der Waals surface area contributed by atoms with Crippen LogP contribution in [-0.4, -0.2) is 15.1 Å². The van der Waals surface area contributed by atoms with Gasteiger partial charge in [0.2, 0.25) is 12.3 Å². The third kappa shape index (κ3) is 2.03. The normalized spacial score (nSPS) is 10.1. The molecule has 72 valence electrons. The van der Waals surface area contributed by atoms with Crippen LogP contribution >= 0.6 is 0 Å². The molecule has 0 fully saturated rings. The van der Waals surface area contributed by atoms with Crippen LogP contribution in [-0.2, 0) is 6.54 Å². The monoisotopic (exact) mass is 194 g/mol. The van der Waals surface area contributed by atoms with Gasteiger partial charge in [0.05, 0.1) is 6.54 Å². The second-order valence-corrected chi connectivity index (χ2v) is 2.57. The van der Waals surface area contributed by atoms with E-state index in [4.69, 9.17) is 0 Å². The summed E-state index contributed by atoms with van der Waals surface area (Å²) in [5.41, 5.74) is 0.627. The molecule has 2 aromatic heterocycles. The smallest absolute Gasteiger partial charge is 0.214 e. The zero-order valence-corrected chi connectivity index (χ0v) is 7.14. The second-order valence-electron chi connectivity index (χ2n) is 2.57. The number of hydrogen-bond donors (Lipinski definition) is 1. The molecule has 1 N–H and O–H groups in total. The molecule has 2 heterocycles. The van der Waals surface area contributed by atoms with Crippen molar-refractivity contribution in [2.75, 3.05) is 5.32 Å². The first-order valence-electron chi connectivity index (χ1n) is 3.95. The Labute approximate surface area is 79.0 Å². The molecule has 2 rings (SSSR count). The molecule has 0 spiro atoms. The molecule has 2 aromatic rings. The lowest BCUT2D eigenvalue weighted by atomic mass is 10.4. The van der Waals surface area contributed by atoms with E-state index in [1.54, 1.807) is 6.07 Å². The maximum atomic E-state index is 12.6. The third-order valence-corrected chi connectivity index (χ3v) is 1.58. The molecule has 0 radical (unpaired) electrons. The summed E-state index contributed by atoms with van der Waals surface area (Å²) in [7, 11) is 0. The van der Waals surface area contributed by atoms with Gasteiger partial charge in [-0.25, -0.2) is 4.98 Å². The molecule has 0 atom stereocenters. The Hall–Kier alpha value is -1.98. The van der Waals surface area contributed by atoms with Crippen molar-refractivity contribution in [3.63, 3.8) is 0 Å². The fourth-order valence-corrected chi connectivity index (χ4v) is 0.964. The molecule has 5 nitrogen and oxygen atoms in total. The minimum absolute atomic E-state index is 0.389. The molecule has 0 bridgehead atoms. The topological polar surface area (TPSA) is 63.8 Å². The Morgan fingerprint density at radius 1 is 1.43 bits per heavy atom. The average Bonchev–Trinajstić information content (AvgIpc) is 2.67. The molecule has 0 unspecified atom stereocenters. The van der Waals surface area contributed by atoms with Crippen LogP contribution in [0.25, 0.3) is 0 Å². The van der Waals surface area contributed by atoms with Gasteiger partial charge in [-0.1, -0.05) is 5.16 Å². The lowest BCUT2D eigenvalue weighted by molar-refractivity contribution is 0.411. The molecule has 0 saturated heterocycles. The van der Waals surface area contributed by atoms with Gasteiger partial charge in [0, 0.05) is 18.0 Å². The SMILES string of the molecule is Fc1cc(NCc2ncon2)ccn1. The number of nitrogens with zero attached hydrogens (tertiary/aromatic N) is 3. The van der Waals surface area contributed by atoms with E-state index in [9.17, 15) is 4.39 Å². The molecule has 0 saturated carbocycles. The average molecular weight is 194 g/mol. The van der Waals surface area contributed by atoms with Gasteiger partial charge in [0.15, 0.2) is 5.82 Å². The second kappa shape index (κ2) is 3.82. The van der Waals surface area contributed by atoms with Crippen molar-refractivity contribution in [2.24, 2.45) is 0 Å². The number of rotatable bonds is 3. The predicted octanol–water partition coefficient (Wildman–Crippen LogP) is 1.22. The van der Waals surface area contributed by atoms with Crippen LogP contribution in [0.3, 0.4) is 0 Å². The first kappa shape index (κ1) is 8.61. The summed E-state index contributed by atoms with van der Waals surface area (Å²) in [5.74, 6) is -0.00895. The maximum absolute atomic E-state index is 12.6. The molecule has 0 aliphatic rings. The zero-order valence-electron chi connectivity index (χ0n) is 7.14. The van der Waals surface area contributed by atoms with Gasteiger partial charge in [0.1, 0.15) is 0 Å². The molecule has 0 aliphatic heterocycles. The highest BCUT2D eigenvalue weighted by molar-refractivity contribution is 5.41. The van der Waals surface area contributed by atoms with Crippen molar-refractivity contribution in [2.45, 2.75) is 6.54 Å². The molecule has 0 aromatic carbocycles.